The number of nitrogens with zero attached hydrogens (tertiary/aromatic N) is 3. The van der Waals surface area contributed by atoms with E-state index >= 15 is 0 Å². The predicted octanol–water partition coefficient (Wildman–Crippen LogP) is 3.95. The van der Waals surface area contributed by atoms with Gasteiger partial charge in [-0.05, 0) is 43.7 Å². The molecular weight excluding hydrogens is 394 g/mol. The lowest BCUT2D eigenvalue weighted by Gasteiger charge is -2.33. The molecule has 2 heterocycles. The highest BCUT2D eigenvalue weighted by molar-refractivity contribution is 5.92. The second-order valence-electron chi connectivity index (χ2n) is 7.80. The zero-order valence-electron chi connectivity index (χ0n) is 18.7. The lowest BCUT2D eigenvalue weighted by Crippen LogP contribution is -2.36. The molecule has 3 rings (SSSR count). The molecule has 8 nitrogen and oxygen atoms in total. The van der Waals surface area contributed by atoms with Gasteiger partial charge in [0.15, 0.2) is 0 Å². The van der Waals surface area contributed by atoms with Crippen molar-refractivity contribution in [3.05, 3.63) is 30.6 Å². The Kier molecular flexibility index (Phi) is 8.32. The van der Waals surface area contributed by atoms with Crippen molar-refractivity contribution < 1.29 is 14.3 Å². The van der Waals surface area contributed by atoms with E-state index in [1.807, 2.05) is 12.1 Å². The van der Waals surface area contributed by atoms with Gasteiger partial charge in [-0.1, -0.05) is 6.92 Å². The largest absolute Gasteiger partial charge is 0.497 e. The molecule has 8 heteroatoms. The second kappa shape index (κ2) is 11.4. The highest BCUT2D eigenvalue weighted by Gasteiger charge is 2.22. The first-order chi connectivity index (χ1) is 15.1. The van der Waals surface area contributed by atoms with Gasteiger partial charge in [-0.25, -0.2) is 9.97 Å². The van der Waals surface area contributed by atoms with Crippen LogP contribution in [0.2, 0.25) is 0 Å². The first kappa shape index (κ1) is 22.7. The van der Waals surface area contributed by atoms with Crippen molar-refractivity contribution in [3.63, 3.8) is 0 Å². The third-order valence-electron chi connectivity index (χ3n) is 5.51. The Labute approximate surface area is 184 Å². The number of anilines is 3. The van der Waals surface area contributed by atoms with Crippen LogP contribution >= 0.6 is 0 Å². The van der Waals surface area contributed by atoms with Gasteiger partial charge in [-0.15, -0.1) is 0 Å². The third kappa shape index (κ3) is 6.47. The normalized spacial score (nSPS) is 16.0. The minimum atomic E-state index is -0.00585. The zero-order valence-corrected chi connectivity index (χ0v) is 18.7. The number of rotatable bonds is 10. The van der Waals surface area contributed by atoms with Crippen molar-refractivity contribution in [2.24, 2.45) is 5.92 Å². The lowest BCUT2D eigenvalue weighted by molar-refractivity contribution is -0.116. The molecule has 1 fully saturated rings. The van der Waals surface area contributed by atoms with Gasteiger partial charge in [-0.3, -0.25) is 4.79 Å². The van der Waals surface area contributed by atoms with E-state index in [1.54, 1.807) is 32.7 Å². The standard InChI is InChI=1S/C23H33N5O3/c1-4-11-24-21-14-22(26-16-25-21)28-12-5-6-17(15-28)7-10-23(29)27-19-9-8-18(30-2)13-20(19)31-3/h8-9,13-14,16-17H,4-7,10-12,15H2,1-3H3,(H,27,29)(H,24,25,26)/t17-/m0/s1. The molecule has 1 atom stereocenters. The number of benzene rings is 1. The summed E-state index contributed by atoms with van der Waals surface area (Å²) in [6, 6.07) is 7.39. The maximum absolute atomic E-state index is 12.5. The smallest absolute Gasteiger partial charge is 0.224 e. The van der Waals surface area contributed by atoms with Gasteiger partial charge in [0.1, 0.15) is 29.5 Å². The monoisotopic (exact) mass is 427 g/mol. The van der Waals surface area contributed by atoms with Gasteiger partial charge >= 0.3 is 0 Å². The number of aromatic nitrogens is 2. The topological polar surface area (TPSA) is 88.6 Å². The molecule has 0 radical (unpaired) electrons. The summed E-state index contributed by atoms with van der Waals surface area (Å²) < 4.78 is 10.6. The molecule has 2 aromatic rings. The third-order valence-corrected chi connectivity index (χ3v) is 5.51. The van der Waals surface area contributed by atoms with Crippen LogP contribution in [0.25, 0.3) is 0 Å². The summed E-state index contributed by atoms with van der Waals surface area (Å²) in [7, 11) is 3.18. The van der Waals surface area contributed by atoms with Gasteiger partial charge < -0.3 is 25.0 Å². The second-order valence-corrected chi connectivity index (χ2v) is 7.80. The number of hydrogen-bond donors (Lipinski definition) is 2. The Bertz CT molecular complexity index is 861. The number of methoxy groups -OCH3 is 2. The van der Waals surface area contributed by atoms with Crippen molar-refractivity contribution in [1.82, 2.24) is 9.97 Å². The van der Waals surface area contributed by atoms with E-state index < -0.39 is 0 Å². The van der Waals surface area contributed by atoms with Gasteiger partial charge in [0.2, 0.25) is 5.91 Å². The van der Waals surface area contributed by atoms with Gasteiger partial charge in [0.25, 0.3) is 0 Å². The van der Waals surface area contributed by atoms with Gasteiger partial charge in [-0.2, -0.15) is 0 Å². The molecule has 0 aliphatic carbocycles. The maximum Gasteiger partial charge on any atom is 0.224 e. The van der Waals surface area contributed by atoms with Crippen LogP contribution in [0, 0.1) is 5.92 Å². The quantitative estimate of drug-likeness (QED) is 0.593. The summed E-state index contributed by atoms with van der Waals surface area (Å²) >= 11 is 0. The minimum Gasteiger partial charge on any atom is -0.497 e. The number of carbonyl (C=O) groups is 1. The number of nitrogens with one attached hydrogen (secondary N) is 2. The summed E-state index contributed by atoms with van der Waals surface area (Å²) in [5.41, 5.74) is 0.659. The average Bonchev–Trinajstić information content (AvgIpc) is 2.82. The van der Waals surface area contributed by atoms with Crippen LogP contribution in [0.4, 0.5) is 17.3 Å². The Hall–Kier alpha value is -3.03. The van der Waals surface area contributed by atoms with E-state index in [4.69, 9.17) is 9.47 Å². The Morgan fingerprint density at radius 1 is 1.23 bits per heavy atom. The summed E-state index contributed by atoms with van der Waals surface area (Å²) in [4.78, 5) is 23.6. The number of ether oxygens (including phenoxy) is 2. The maximum atomic E-state index is 12.5. The van der Waals surface area contributed by atoms with Crippen molar-refractivity contribution in [3.8, 4) is 11.5 Å². The lowest BCUT2D eigenvalue weighted by atomic mass is 9.93. The zero-order chi connectivity index (χ0) is 22.1. The van der Waals surface area contributed by atoms with Crippen LogP contribution in [-0.4, -0.2) is 49.7 Å². The molecule has 1 aromatic heterocycles. The summed E-state index contributed by atoms with van der Waals surface area (Å²) in [5.74, 6) is 3.54. The van der Waals surface area contributed by atoms with Crippen LogP contribution in [0.1, 0.15) is 39.0 Å². The van der Waals surface area contributed by atoms with Crippen molar-refractivity contribution in [2.45, 2.75) is 39.0 Å². The molecule has 1 aliphatic heterocycles. The number of amides is 1. The molecule has 0 unspecified atom stereocenters. The van der Waals surface area contributed by atoms with Crippen molar-refractivity contribution in [1.29, 1.82) is 0 Å². The molecule has 1 amide bonds. The van der Waals surface area contributed by atoms with E-state index in [2.05, 4.69) is 32.4 Å². The molecule has 31 heavy (non-hydrogen) atoms. The first-order valence-corrected chi connectivity index (χ1v) is 11.0. The Morgan fingerprint density at radius 2 is 2.10 bits per heavy atom. The van der Waals surface area contributed by atoms with E-state index in [9.17, 15) is 4.79 Å². The van der Waals surface area contributed by atoms with Gasteiger partial charge in [0.05, 0.1) is 19.9 Å². The molecule has 168 valence electrons. The average molecular weight is 428 g/mol. The first-order valence-electron chi connectivity index (χ1n) is 11.0. The highest BCUT2D eigenvalue weighted by Crippen LogP contribution is 2.30. The fraction of sp³-hybridized carbons (Fsp3) is 0.522. The predicted molar refractivity (Wildman–Crippen MR) is 123 cm³/mol. The molecule has 1 saturated heterocycles. The fourth-order valence-electron chi connectivity index (χ4n) is 3.83. The summed E-state index contributed by atoms with van der Waals surface area (Å²) in [6.45, 7) is 4.91. The molecule has 0 saturated carbocycles. The number of hydrogen-bond acceptors (Lipinski definition) is 7. The van der Waals surface area contributed by atoms with Crippen LogP contribution in [0.3, 0.4) is 0 Å². The number of carbonyl (C=O) groups excluding carboxylic acids is 1. The van der Waals surface area contributed by atoms with E-state index in [0.717, 1.165) is 57.0 Å². The highest BCUT2D eigenvalue weighted by atomic mass is 16.5. The van der Waals surface area contributed by atoms with Crippen LogP contribution in [-0.2, 0) is 4.79 Å². The molecular formula is C23H33N5O3. The van der Waals surface area contributed by atoms with Crippen LogP contribution in [0.5, 0.6) is 11.5 Å². The van der Waals surface area contributed by atoms with Crippen LogP contribution < -0.4 is 25.0 Å². The van der Waals surface area contributed by atoms with Crippen molar-refractivity contribution in [2.75, 3.05) is 49.4 Å². The SMILES string of the molecule is CCCNc1cc(N2CCC[C@@H](CCC(=O)Nc3ccc(OC)cc3OC)C2)ncn1. The van der Waals surface area contributed by atoms with E-state index in [0.29, 0.717) is 29.5 Å². The fourth-order valence-corrected chi connectivity index (χ4v) is 3.83. The summed E-state index contributed by atoms with van der Waals surface area (Å²) in [6.07, 6.45) is 6.21. The van der Waals surface area contributed by atoms with Crippen molar-refractivity contribution >= 4 is 23.2 Å². The molecule has 2 N–H and O–H groups in total. The molecule has 1 aromatic carbocycles. The van der Waals surface area contributed by atoms with E-state index in [-0.39, 0.29) is 5.91 Å². The molecule has 0 bridgehead atoms. The molecule has 1 aliphatic rings. The van der Waals surface area contributed by atoms with E-state index in [1.165, 1.54) is 0 Å². The number of piperidine rings is 1. The Morgan fingerprint density at radius 3 is 2.87 bits per heavy atom. The van der Waals surface area contributed by atoms with Crippen LogP contribution in [0.15, 0.2) is 30.6 Å². The summed E-state index contributed by atoms with van der Waals surface area (Å²) in [5, 5.41) is 6.28. The molecule has 0 spiro atoms. The minimum absolute atomic E-state index is 0.00585. The Balaban J connectivity index is 1.52. The van der Waals surface area contributed by atoms with Gasteiger partial charge in [0, 0.05) is 38.2 Å².